The number of piperidine rings is 1. The van der Waals surface area contributed by atoms with Crippen LogP contribution in [-0.2, 0) is 19.1 Å². The molecule has 0 radical (unpaired) electrons. The van der Waals surface area contributed by atoms with E-state index in [1.165, 1.54) is 11.3 Å². The molecule has 0 bridgehead atoms. The zero-order valence-electron chi connectivity index (χ0n) is 24.6. The summed E-state index contributed by atoms with van der Waals surface area (Å²) in [6.45, 7) is 8.31. The number of amides is 3. The number of carbonyl (C=O) groups excluding carboxylic acids is 3. The van der Waals surface area contributed by atoms with Crippen LogP contribution in [0.3, 0.4) is 0 Å². The van der Waals surface area contributed by atoms with Crippen LogP contribution in [0.25, 0.3) is 0 Å². The number of hydrogen-bond donors (Lipinski definition) is 1. The predicted octanol–water partition coefficient (Wildman–Crippen LogP) is 3.78. The second-order valence-electron chi connectivity index (χ2n) is 11.9. The van der Waals surface area contributed by atoms with Gasteiger partial charge in [0.25, 0.3) is 0 Å². The molecule has 42 heavy (non-hydrogen) atoms. The van der Waals surface area contributed by atoms with E-state index >= 15 is 0 Å². The summed E-state index contributed by atoms with van der Waals surface area (Å²) in [5.74, 6) is 0.983. The Labute approximate surface area is 249 Å². The van der Waals surface area contributed by atoms with Crippen LogP contribution in [0.15, 0.2) is 18.2 Å². The van der Waals surface area contributed by atoms with Gasteiger partial charge in [-0.25, -0.2) is 4.79 Å². The maximum atomic E-state index is 12.8. The molecule has 0 saturated carbocycles. The standard InChI is InChI=1S/C29H39N5O7S/c1-29(2,3)41-28(37)33-10-7-18(8-11-33)26-31-32-27(42-26)30-24(35)16-34-15-20(14-25(34)36)19-5-6-22(38-4)23(13-19)40-21-9-12-39-17-21/h5-6,13,18,20-21H,7-12,14-17H2,1-4H3,(H,30,32,35)/t20-,21-/m1/s1. The monoisotopic (exact) mass is 601 g/mol. The summed E-state index contributed by atoms with van der Waals surface area (Å²) in [6.07, 6.45) is 2.31. The maximum absolute atomic E-state index is 12.8. The van der Waals surface area contributed by atoms with E-state index in [4.69, 9.17) is 18.9 Å². The van der Waals surface area contributed by atoms with Crippen LogP contribution in [0.5, 0.6) is 11.5 Å². The Balaban J connectivity index is 1.12. The van der Waals surface area contributed by atoms with Gasteiger partial charge in [0.2, 0.25) is 16.9 Å². The summed E-state index contributed by atoms with van der Waals surface area (Å²) in [7, 11) is 1.60. The molecule has 0 spiro atoms. The fourth-order valence-corrected chi connectivity index (χ4v) is 6.32. The Morgan fingerprint density at radius 2 is 1.90 bits per heavy atom. The van der Waals surface area contributed by atoms with Crippen molar-refractivity contribution in [2.45, 2.75) is 70.0 Å². The number of nitrogens with one attached hydrogen (secondary N) is 1. The first-order valence-electron chi connectivity index (χ1n) is 14.4. The fraction of sp³-hybridized carbons (Fsp3) is 0.621. The molecule has 228 valence electrons. The molecule has 1 N–H and O–H groups in total. The van der Waals surface area contributed by atoms with Crippen molar-refractivity contribution in [2.75, 3.05) is 51.8 Å². The van der Waals surface area contributed by atoms with Gasteiger partial charge in [-0.1, -0.05) is 17.4 Å². The minimum Gasteiger partial charge on any atom is -0.493 e. The van der Waals surface area contributed by atoms with Crippen LogP contribution in [0.2, 0.25) is 0 Å². The summed E-state index contributed by atoms with van der Waals surface area (Å²) in [5.41, 5.74) is 0.437. The Kier molecular flexibility index (Phi) is 9.16. The van der Waals surface area contributed by atoms with Crippen molar-refractivity contribution in [2.24, 2.45) is 0 Å². The molecule has 3 saturated heterocycles. The molecule has 12 nitrogen and oxygen atoms in total. The summed E-state index contributed by atoms with van der Waals surface area (Å²) in [4.78, 5) is 41.3. The second kappa shape index (κ2) is 12.8. The lowest BCUT2D eigenvalue weighted by Gasteiger charge is -2.32. The highest BCUT2D eigenvalue weighted by molar-refractivity contribution is 7.15. The number of rotatable bonds is 8. The lowest BCUT2D eigenvalue weighted by molar-refractivity contribution is -0.131. The number of likely N-dealkylation sites (tertiary alicyclic amines) is 2. The van der Waals surface area contributed by atoms with Crippen molar-refractivity contribution in [1.82, 2.24) is 20.0 Å². The molecule has 3 aliphatic heterocycles. The average molecular weight is 602 g/mol. The minimum atomic E-state index is -0.528. The first kappa shape index (κ1) is 30.0. The van der Waals surface area contributed by atoms with Gasteiger partial charge in [0, 0.05) is 44.3 Å². The molecule has 0 unspecified atom stereocenters. The summed E-state index contributed by atoms with van der Waals surface area (Å²) in [6, 6.07) is 5.73. The highest BCUT2D eigenvalue weighted by Gasteiger charge is 2.33. The van der Waals surface area contributed by atoms with Crippen LogP contribution in [0.4, 0.5) is 9.93 Å². The first-order chi connectivity index (χ1) is 20.1. The lowest BCUT2D eigenvalue weighted by atomic mass is 9.98. The molecule has 13 heteroatoms. The number of nitrogens with zero attached hydrogens (tertiary/aromatic N) is 4. The molecule has 2 atom stereocenters. The predicted molar refractivity (Wildman–Crippen MR) is 155 cm³/mol. The van der Waals surface area contributed by atoms with E-state index in [1.807, 2.05) is 39.0 Å². The third kappa shape index (κ3) is 7.49. The first-order valence-corrected chi connectivity index (χ1v) is 15.2. The van der Waals surface area contributed by atoms with Gasteiger partial charge in [-0.15, -0.1) is 10.2 Å². The number of anilines is 1. The quantitative estimate of drug-likeness (QED) is 0.480. The van der Waals surface area contributed by atoms with Crippen molar-refractivity contribution in [1.29, 1.82) is 0 Å². The molecular weight excluding hydrogens is 562 g/mol. The van der Waals surface area contributed by atoms with E-state index < -0.39 is 5.60 Å². The van der Waals surface area contributed by atoms with Gasteiger partial charge in [-0.2, -0.15) is 0 Å². The van der Waals surface area contributed by atoms with Gasteiger partial charge in [-0.3, -0.25) is 14.9 Å². The Bertz CT molecular complexity index is 1280. The Morgan fingerprint density at radius 1 is 1.12 bits per heavy atom. The second-order valence-corrected chi connectivity index (χ2v) is 12.9. The minimum absolute atomic E-state index is 0.0227. The third-order valence-electron chi connectivity index (χ3n) is 7.57. The summed E-state index contributed by atoms with van der Waals surface area (Å²) < 4.78 is 22.5. The molecule has 3 amide bonds. The number of aromatic nitrogens is 2. The molecule has 1 aromatic carbocycles. The number of hydrogen-bond acceptors (Lipinski definition) is 10. The van der Waals surface area contributed by atoms with Crippen LogP contribution in [0, 0.1) is 0 Å². The zero-order valence-corrected chi connectivity index (χ0v) is 25.4. The van der Waals surface area contributed by atoms with Crippen molar-refractivity contribution in [3.05, 3.63) is 28.8 Å². The lowest BCUT2D eigenvalue weighted by Crippen LogP contribution is -2.41. The number of ether oxygens (including phenoxy) is 4. The van der Waals surface area contributed by atoms with Crippen molar-refractivity contribution >= 4 is 34.4 Å². The van der Waals surface area contributed by atoms with Gasteiger partial charge in [0.1, 0.15) is 16.7 Å². The number of benzene rings is 1. The van der Waals surface area contributed by atoms with Crippen LogP contribution in [0.1, 0.15) is 68.9 Å². The number of carbonyl (C=O) groups is 3. The topological polar surface area (TPSA) is 132 Å². The van der Waals surface area contributed by atoms with E-state index in [2.05, 4.69) is 15.5 Å². The van der Waals surface area contributed by atoms with E-state index in [1.54, 1.807) is 16.9 Å². The molecule has 1 aromatic heterocycles. The Hall–Kier alpha value is -3.45. The van der Waals surface area contributed by atoms with Crippen molar-refractivity contribution in [3.8, 4) is 11.5 Å². The van der Waals surface area contributed by atoms with Crippen LogP contribution in [-0.4, -0.2) is 96.1 Å². The highest BCUT2D eigenvalue weighted by Crippen LogP contribution is 2.36. The third-order valence-corrected chi connectivity index (χ3v) is 8.57. The van der Waals surface area contributed by atoms with E-state index in [9.17, 15) is 14.4 Å². The van der Waals surface area contributed by atoms with Gasteiger partial charge in [0.05, 0.1) is 26.9 Å². The van der Waals surface area contributed by atoms with E-state index in [-0.39, 0.29) is 42.4 Å². The summed E-state index contributed by atoms with van der Waals surface area (Å²) in [5, 5.41) is 12.5. The van der Waals surface area contributed by atoms with Crippen LogP contribution < -0.4 is 14.8 Å². The van der Waals surface area contributed by atoms with Crippen molar-refractivity contribution in [3.63, 3.8) is 0 Å². The molecule has 3 fully saturated rings. The van der Waals surface area contributed by atoms with Crippen molar-refractivity contribution < 1.29 is 33.3 Å². The van der Waals surface area contributed by atoms with Gasteiger partial charge in [-0.05, 0) is 51.3 Å². The molecule has 3 aliphatic rings. The van der Waals surface area contributed by atoms with E-state index in [0.29, 0.717) is 55.9 Å². The number of methoxy groups -OCH3 is 1. The van der Waals surface area contributed by atoms with E-state index in [0.717, 1.165) is 29.8 Å². The normalized spacial score (nSPS) is 21.5. The smallest absolute Gasteiger partial charge is 0.410 e. The van der Waals surface area contributed by atoms with Gasteiger partial charge < -0.3 is 28.7 Å². The largest absolute Gasteiger partial charge is 0.493 e. The average Bonchev–Trinajstić information content (AvgIpc) is 3.70. The van der Waals surface area contributed by atoms with Gasteiger partial charge in [0.15, 0.2) is 11.5 Å². The highest BCUT2D eigenvalue weighted by atomic mass is 32.1. The molecule has 2 aromatic rings. The molecule has 0 aliphatic carbocycles. The molecular formula is C29H39N5O7S. The van der Waals surface area contributed by atoms with Gasteiger partial charge >= 0.3 is 6.09 Å². The maximum Gasteiger partial charge on any atom is 0.410 e. The molecule has 5 rings (SSSR count). The SMILES string of the molecule is COc1ccc([C@@H]2CC(=O)N(CC(=O)Nc3nnc(C4CCN(C(=O)OC(C)(C)C)CC4)s3)C2)cc1O[C@@H]1CCOC1. The molecule has 4 heterocycles. The van der Waals surface area contributed by atoms with Crippen LogP contribution >= 0.6 is 11.3 Å². The zero-order chi connectivity index (χ0) is 29.9. The fourth-order valence-electron chi connectivity index (χ4n) is 5.39. The Morgan fingerprint density at radius 3 is 2.60 bits per heavy atom. The summed E-state index contributed by atoms with van der Waals surface area (Å²) >= 11 is 1.33.